The van der Waals surface area contributed by atoms with Crippen molar-refractivity contribution >= 4 is 29.7 Å². The van der Waals surface area contributed by atoms with E-state index < -0.39 is 72.9 Å². The molecule has 2 fully saturated rings. The molecule has 12 heteroatoms. The van der Waals surface area contributed by atoms with E-state index in [2.05, 4.69) is 6.58 Å². The maximum atomic E-state index is 12.8. The van der Waals surface area contributed by atoms with Crippen LogP contribution in [0.3, 0.4) is 0 Å². The van der Waals surface area contributed by atoms with Gasteiger partial charge in [0.15, 0.2) is 24.6 Å². The number of carbonyl (C=O) groups excluding carboxylic acids is 5. The van der Waals surface area contributed by atoms with Gasteiger partial charge < -0.3 is 33.2 Å². The van der Waals surface area contributed by atoms with Crippen molar-refractivity contribution in [3.8, 4) is 0 Å². The topological polar surface area (TPSA) is 150 Å². The Morgan fingerprint density at radius 2 is 1.46 bits per heavy atom. The zero-order valence-corrected chi connectivity index (χ0v) is 20.7. The third-order valence-corrected chi connectivity index (χ3v) is 5.72. The minimum absolute atomic E-state index is 0.0399. The van der Waals surface area contributed by atoms with Crippen LogP contribution in [0.15, 0.2) is 12.2 Å². The number of ketones is 1. The molecule has 0 aromatic carbocycles. The van der Waals surface area contributed by atoms with E-state index in [9.17, 15) is 24.0 Å². The van der Waals surface area contributed by atoms with Gasteiger partial charge in [0.25, 0.3) is 0 Å². The Labute approximate surface area is 203 Å². The highest BCUT2D eigenvalue weighted by molar-refractivity contribution is 5.88. The predicted octanol–water partition coefficient (Wildman–Crippen LogP) is 0.984. The number of Topliss-reactive ketones (excluding diaryl/α,β-unsaturated/α-hetero) is 1. The van der Waals surface area contributed by atoms with Crippen LogP contribution in [0.1, 0.15) is 48.0 Å². The number of hydrogen-bond acceptors (Lipinski definition) is 12. The third-order valence-electron chi connectivity index (χ3n) is 5.72. The molecule has 0 saturated carbocycles. The molecule has 0 bridgehead atoms. The summed E-state index contributed by atoms with van der Waals surface area (Å²) >= 11 is 0. The van der Waals surface area contributed by atoms with E-state index in [0.717, 1.165) is 20.8 Å². The number of esters is 4. The van der Waals surface area contributed by atoms with Crippen LogP contribution in [-0.4, -0.2) is 79.9 Å². The number of ether oxygens (including phenoxy) is 7. The van der Waals surface area contributed by atoms with Gasteiger partial charge in [0.05, 0.1) is 12.0 Å². The smallest absolute Gasteiger partial charge is 0.303 e. The highest BCUT2D eigenvalue weighted by Crippen LogP contribution is 2.42. The van der Waals surface area contributed by atoms with Crippen LogP contribution in [0, 0.1) is 5.41 Å². The molecule has 0 N–H and O–H groups in total. The summed E-state index contributed by atoms with van der Waals surface area (Å²) in [7, 11) is 0. The van der Waals surface area contributed by atoms with Crippen molar-refractivity contribution in [3.05, 3.63) is 12.2 Å². The van der Waals surface area contributed by atoms with Crippen molar-refractivity contribution in [2.75, 3.05) is 13.2 Å². The lowest BCUT2D eigenvalue weighted by atomic mass is 9.79. The molecule has 2 aliphatic rings. The molecule has 2 heterocycles. The first-order valence-corrected chi connectivity index (χ1v) is 11.1. The van der Waals surface area contributed by atoms with Gasteiger partial charge in [-0.15, -0.1) is 0 Å². The maximum absolute atomic E-state index is 12.8. The highest BCUT2D eigenvalue weighted by atomic mass is 16.8. The molecule has 2 saturated heterocycles. The molecular formula is C23H32O12. The van der Waals surface area contributed by atoms with Crippen molar-refractivity contribution in [1.29, 1.82) is 0 Å². The van der Waals surface area contributed by atoms with Gasteiger partial charge in [-0.05, 0) is 12.5 Å². The van der Waals surface area contributed by atoms with Crippen LogP contribution >= 0.6 is 0 Å². The summed E-state index contributed by atoms with van der Waals surface area (Å²) in [6.45, 7) is 11.4. The largest absolute Gasteiger partial charge is 0.463 e. The van der Waals surface area contributed by atoms with E-state index in [0.29, 0.717) is 5.57 Å². The zero-order valence-electron chi connectivity index (χ0n) is 20.7. The fourth-order valence-electron chi connectivity index (χ4n) is 3.95. The Bertz CT molecular complexity index is 867. The first-order chi connectivity index (χ1) is 16.3. The van der Waals surface area contributed by atoms with Crippen molar-refractivity contribution < 1.29 is 57.1 Å². The normalized spacial score (nSPS) is 32.5. The fourth-order valence-corrected chi connectivity index (χ4v) is 3.95. The van der Waals surface area contributed by atoms with E-state index in [-0.39, 0.29) is 18.8 Å². The molecule has 0 spiro atoms. The van der Waals surface area contributed by atoms with Crippen LogP contribution in [0.5, 0.6) is 0 Å². The van der Waals surface area contributed by atoms with Gasteiger partial charge in [-0.3, -0.25) is 24.0 Å². The van der Waals surface area contributed by atoms with Crippen molar-refractivity contribution in [3.63, 3.8) is 0 Å². The first kappa shape index (κ1) is 28.4. The van der Waals surface area contributed by atoms with Gasteiger partial charge in [0.2, 0.25) is 6.29 Å². The minimum atomic E-state index is -1.46. The van der Waals surface area contributed by atoms with Crippen LogP contribution < -0.4 is 0 Å². The summed E-state index contributed by atoms with van der Waals surface area (Å²) < 4.78 is 38.7. The van der Waals surface area contributed by atoms with E-state index in [1.807, 2.05) is 0 Å². The second kappa shape index (κ2) is 11.7. The lowest BCUT2D eigenvalue weighted by molar-refractivity contribution is -0.342. The molecule has 7 atom stereocenters. The summed E-state index contributed by atoms with van der Waals surface area (Å²) in [4.78, 5) is 59.9. The number of hydrogen-bond donors (Lipinski definition) is 0. The van der Waals surface area contributed by atoms with Crippen LogP contribution in [-0.2, 0) is 57.1 Å². The molecule has 35 heavy (non-hydrogen) atoms. The second-order valence-electron chi connectivity index (χ2n) is 8.43. The SMILES string of the molecule is C=C1CO[C@H](O[C@@H]2O[C@H](COC(C)=O)[C@@H](OC(C)=O)[C@H](OC(C)=O)[C@H]2OC(C)=O)[C@@]1(C)C(=O)CC. The molecule has 0 aromatic rings. The average Bonchev–Trinajstić information content (AvgIpc) is 3.04. The van der Waals surface area contributed by atoms with E-state index in [4.69, 9.17) is 33.2 Å². The molecule has 0 amide bonds. The Balaban J connectivity index is 2.49. The Hall–Kier alpha value is -2.83. The number of rotatable bonds is 9. The van der Waals surface area contributed by atoms with E-state index in [1.54, 1.807) is 13.8 Å². The molecule has 0 aromatic heterocycles. The molecule has 0 aliphatic carbocycles. The standard InChI is InChI=1S/C23H32O12/c1-8-17(28)23(7)11(2)9-30-22(23)35-21-20(33-15(6)27)19(32-14(5)26)18(31-13(4)25)16(34-21)10-29-12(3)24/h16,18-22H,2,8-10H2,1,3-7H3/t16-,18-,19+,20-,21+,22-,23-/m1/s1. The van der Waals surface area contributed by atoms with E-state index >= 15 is 0 Å². The molecule has 2 aliphatic heterocycles. The monoisotopic (exact) mass is 500 g/mol. The van der Waals surface area contributed by atoms with Crippen molar-refractivity contribution in [2.45, 2.75) is 85.0 Å². The molecule has 0 radical (unpaired) electrons. The molecule has 0 unspecified atom stereocenters. The van der Waals surface area contributed by atoms with E-state index in [1.165, 1.54) is 6.92 Å². The summed E-state index contributed by atoms with van der Waals surface area (Å²) in [5, 5.41) is 0. The van der Waals surface area contributed by atoms with Crippen LogP contribution in [0.4, 0.5) is 0 Å². The second-order valence-corrected chi connectivity index (χ2v) is 8.43. The minimum Gasteiger partial charge on any atom is -0.463 e. The predicted molar refractivity (Wildman–Crippen MR) is 115 cm³/mol. The average molecular weight is 500 g/mol. The summed E-state index contributed by atoms with van der Waals surface area (Å²) in [6.07, 6.45) is -7.77. The van der Waals surface area contributed by atoms with Crippen molar-refractivity contribution in [1.82, 2.24) is 0 Å². The van der Waals surface area contributed by atoms with Gasteiger partial charge >= 0.3 is 23.9 Å². The molecular weight excluding hydrogens is 468 g/mol. The van der Waals surface area contributed by atoms with Gasteiger partial charge in [-0.25, -0.2) is 0 Å². The fraction of sp³-hybridized carbons (Fsp3) is 0.696. The van der Waals surface area contributed by atoms with Crippen molar-refractivity contribution in [2.24, 2.45) is 5.41 Å². The zero-order chi connectivity index (χ0) is 26.5. The lowest BCUT2D eigenvalue weighted by Gasteiger charge is -2.45. The number of carbonyl (C=O) groups is 5. The summed E-state index contributed by atoms with van der Waals surface area (Å²) in [5.74, 6) is -3.13. The van der Waals surface area contributed by atoms with Gasteiger partial charge in [-0.2, -0.15) is 0 Å². The van der Waals surface area contributed by atoms with Gasteiger partial charge in [0.1, 0.15) is 18.5 Å². The Morgan fingerprint density at radius 3 is 1.97 bits per heavy atom. The quantitative estimate of drug-likeness (QED) is 0.252. The van der Waals surface area contributed by atoms with Gasteiger partial charge in [-0.1, -0.05) is 13.5 Å². The molecule has 12 nitrogen and oxygen atoms in total. The summed E-state index contributed by atoms with van der Waals surface area (Å²) in [5.41, 5.74) is -0.742. The lowest BCUT2D eigenvalue weighted by Crippen LogP contribution is -2.63. The summed E-state index contributed by atoms with van der Waals surface area (Å²) in [6, 6.07) is 0. The third kappa shape index (κ3) is 6.65. The molecule has 2 rings (SSSR count). The highest BCUT2D eigenvalue weighted by Gasteiger charge is 2.56. The Kier molecular flexibility index (Phi) is 9.52. The Morgan fingerprint density at radius 1 is 0.914 bits per heavy atom. The molecule has 196 valence electrons. The van der Waals surface area contributed by atoms with Gasteiger partial charge in [0, 0.05) is 34.1 Å². The van der Waals surface area contributed by atoms with Crippen LogP contribution in [0.25, 0.3) is 0 Å². The van der Waals surface area contributed by atoms with Crippen LogP contribution in [0.2, 0.25) is 0 Å². The first-order valence-electron chi connectivity index (χ1n) is 11.1. The maximum Gasteiger partial charge on any atom is 0.303 e.